The molecule has 0 N–H and O–H groups in total. The molecule has 0 bridgehead atoms. The van der Waals surface area contributed by atoms with Crippen LogP contribution in [0.4, 0.5) is 0 Å². The summed E-state index contributed by atoms with van der Waals surface area (Å²) in [6.07, 6.45) is 2.02. The van der Waals surface area contributed by atoms with Crippen molar-refractivity contribution in [3.05, 3.63) is 59.0 Å². The van der Waals surface area contributed by atoms with Crippen LogP contribution in [-0.4, -0.2) is 0 Å². The van der Waals surface area contributed by atoms with Crippen molar-refractivity contribution >= 4 is 15.9 Å². The molecule has 2 rings (SSSR count). The van der Waals surface area contributed by atoms with Gasteiger partial charge in [-0.25, -0.2) is 0 Å². The molecular weight excluding hydrogens is 276 g/mol. The summed E-state index contributed by atoms with van der Waals surface area (Å²) >= 11 is 3.69. The average molecular weight is 293 g/mol. The predicted octanol–water partition coefficient (Wildman–Crippen LogP) is 4.89. The first-order valence-electron chi connectivity index (χ1n) is 6.06. The van der Waals surface area contributed by atoms with Gasteiger partial charge in [-0.2, -0.15) is 0 Å². The molecule has 0 aliphatic rings. The summed E-state index contributed by atoms with van der Waals surface area (Å²) in [5, 5.41) is 0. The molecule has 0 fully saturated rings. The third-order valence-electron chi connectivity index (χ3n) is 2.96. The van der Waals surface area contributed by atoms with Crippen molar-refractivity contribution in [2.45, 2.75) is 31.5 Å². The number of halogens is 1. The lowest BCUT2D eigenvalue weighted by Crippen LogP contribution is -1.91. The van der Waals surface area contributed by atoms with Crippen LogP contribution in [0.2, 0.25) is 0 Å². The molecule has 2 aromatic rings. The molecule has 17 heavy (non-hydrogen) atoms. The minimum atomic E-state index is 0.147. The van der Waals surface area contributed by atoms with Gasteiger partial charge in [-0.3, -0.25) is 0 Å². The van der Waals surface area contributed by atoms with Crippen LogP contribution in [0.3, 0.4) is 0 Å². The molecule has 0 aliphatic carbocycles. The second kappa shape index (κ2) is 5.54. The highest BCUT2D eigenvalue weighted by Crippen LogP contribution is 2.32. The van der Waals surface area contributed by atoms with Gasteiger partial charge in [0.2, 0.25) is 0 Å². The van der Waals surface area contributed by atoms with E-state index in [0.717, 1.165) is 24.4 Å². The third-order valence-corrected chi connectivity index (χ3v) is 3.94. The van der Waals surface area contributed by atoms with E-state index in [0.29, 0.717) is 0 Å². The molecule has 0 saturated carbocycles. The predicted molar refractivity (Wildman–Crippen MR) is 74.7 cm³/mol. The minimum absolute atomic E-state index is 0.147. The number of rotatable bonds is 4. The molecule has 90 valence electrons. The molecule has 0 saturated heterocycles. The first kappa shape index (κ1) is 12.4. The van der Waals surface area contributed by atoms with Crippen LogP contribution in [-0.2, 0) is 12.8 Å². The van der Waals surface area contributed by atoms with Gasteiger partial charge in [-0.1, -0.05) is 54.0 Å². The lowest BCUT2D eigenvalue weighted by molar-refractivity contribution is 0.477. The SMILES string of the molecule is CCc1ccc(C(Br)c2ccc(CC)o2)cc1. The number of benzene rings is 1. The number of hydrogen-bond acceptors (Lipinski definition) is 1. The summed E-state index contributed by atoms with van der Waals surface area (Å²) in [6, 6.07) is 12.8. The lowest BCUT2D eigenvalue weighted by atomic mass is 10.1. The van der Waals surface area contributed by atoms with E-state index < -0.39 is 0 Å². The lowest BCUT2D eigenvalue weighted by Gasteiger charge is -2.08. The summed E-state index contributed by atoms with van der Waals surface area (Å²) < 4.78 is 5.76. The Morgan fingerprint density at radius 1 is 1.00 bits per heavy atom. The Morgan fingerprint density at radius 2 is 1.71 bits per heavy atom. The Labute approximate surface area is 111 Å². The maximum atomic E-state index is 5.76. The van der Waals surface area contributed by atoms with E-state index >= 15 is 0 Å². The monoisotopic (exact) mass is 292 g/mol. The summed E-state index contributed by atoms with van der Waals surface area (Å²) in [4.78, 5) is 0.147. The molecule has 1 aromatic heterocycles. The van der Waals surface area contributed by atoms with E-state index in [9.17, 15) is 0 Å². The van der Waals surface area contributed by atoms with Crippen LogP contribution in [0, 0.1) is 0 Å². The van der Waals surface area contributed by atoms with Crippen molar-refractivity contribution in [1.82, 2.24) is 0 Å². The van der Waals surface area contributed by atoms with Gasteiger partial charge in [0.15, 0.2) is 0 Å². The molecule has 1 aromatic carbocycles. The van der Waals surface area contributed by atoms with Crippen molar-refractivity contribution in [3.8, 4) is 0 Å². The first-order chi connectivity index (χ1) is 8.24. The van der Waals surface area contributed by atoms with Crippen LogP contribution < -0.4 is 0 Å². The second-order valence-electron chi connectivity index (χ2n) is 4.12. The van der Waals surface area contributed by atoms with Crippen LogP contribution in [0.25, 0.3) is 0 Å². The fourth-order valence-corrected chi connectivity index (χ4v) is 2.36. The summed E-state index contributed by atoms with van der Waals surface area (Å²) in [7, 11) is 0. The van der Waals surface area contributed by atoms with E-state index in [4.69, 9.17) is 4.42 Å². The second-order valence-corrected chi connectivity index (χ2v) is 5.03. The maximum absolute atomic E-state index is 5.76. The quantitative estimate of drug-likeness (QED) is 0.732. The smallest absolute Gasteiger partial charge is 0.122 e. The van der Waals surface area contributed by atoms with Gasteiger partial charge in [0.1, 0.15) is 11.5 Å². The van der Waals surface area contributed by atoms with E-state index in [-0.39, 0.29) is 4.83 Å². The van der Waals surface area contributed by atoms with Gasteiger partial charge in [-0.05, 0) is 29.7 Å². The Morgan fingerprint density at radius 3 is 2.24 bits per heavy atom. The number of furan rings is 1. The minimum Gasteiger partial charge on any atom is -0.465 e. The number of hydrogen-bond donors (Lipinski definition) is 0. The van der Waals surface area contributed by atoms with E-state index in [2.05, 4.69) is 54.0 Å². The van der Waals surface area contributed by atoms with Crippen molar-refractivity contribution in [2.24, 2.45) is 0 Å². The van der Waals surface area contributed by atoms with Gasteiger partial charge < -0.3 is 4.42 Å². The molecule has 1 atom stereocenters. The van der Waals surface area contributed by atoms with Crippen LogP contribution in [0.5, 0.6) is 0 Å². The summed E-state index contributed by atoms with van der Waals surface area (Å²) in [5.41, 5.74) is 2.60. The Hall–Kier alpha value is -1.02. The van der Waals surface area contributed by atoms with Gasteiger partial charge in [0, 0.05) is 6.42 Å². The normalized spacial score (nSPS) is 12.6. The Kier molecular flexibility index (Phi) is 4.06. The molecule has 0 spiro atoms. The molecule has 2 heteroatoms. The zero-order valence-electron chi connectivity index (χ0n) is 10.2. The Bertz CT molecular complexity index is 470. The number of aryl methyl sites for hydroxylation is 2. The van der Waals surface area contributed by atoms with Crippen LogP contribution in [0.1, 0.15) is 41.3 Å². The fourth-order valence-electron chi connectivity index (χ4n) is 1.81. The molecule has 0 radical (unpaired) electrons. The molecular formula is C15H17BrO. The largest absolute Gasteiger partial charge is 0.465 e. The zero-order valence-corrected chi connectivity index (χ0v) is 11.8. The van der Waals surface area contributed by atoms with Gasteiger partial charge in [0.25, 0.3) is 0 Å². The van der Waals surface area contributed by atoms with Gasteiger partial charge >= 0.3 is 0 Å². The fraction of sp³-hybridized carbons (Fsp3) is 0.333. The highest BCUT2D eigenvalue weighted by molar-refractivity contribution is 9.09. The molecule has 0 amide bonds. The highest BCUT2D eigenvalue weighted by Gasteiger charge is 2.14. The van der Waals surface area contributed by atoms with E-state index in [1.165, 1.54) is 11.1 Å². The highest BCUT2D eigenvalue weighted by atomic mass is 79.9. The number of alkyl halides is 1. The molecule has 0 aliphatic heterocycles. The van der Waals surface area contributed by atoms with Gasteiger partial charge in [-0.15, -0.1) is 0 Å². The Balaban J connectivity index is 2.20. The third kappa shape index (κ3) is 2.81. The van der Waals surface area contributed by atoms with Crippen molar-refractivity contribution < 1.29 is 4.42 Å². The molecule has 1 heterocycles. The van der Waals surface area contributed by atoms with Crippen LogP contribution >= 0.6 is 15.9 Å². The van der Waals surface area contributed by atoms with E-state index in [1.807, 2.05) is 12.1 Å². The summed E-state index contributed by atoms with van der Waals surface area (Å²) in [6.45, 7) is 4.27. The molecule has 1 nitrogen and oxygen atoms in total. The van der Waals surface area contributed by atoms with Crippen molar-refractivity contribution in [2.75, 3.05) is 0 Å². The standard InChI is InChI=1S/C15H17BrO/c1-3-11-5-7-12(8-6-11)15(16)14-10-9-13(4-2)17-14/h5-10,15H,3-4H2,1-2H3. The van der Waals surface area contributed by atoms with Crippen molar-refractivity contribution in [3.63, 3.8) is 0 Å². The van der Waals surface area contributed by atoms with Gasteiger partial charge in [0.05, 0.1) is 4.83 Å². The topological polar surface area (TPSA) is 13.1 Å². The average Bonchev–Trinajstić information content (AvgIpc) is 2.87. The van der Waals surface area contributed by atoms with Crippen molar-refractivity contribution in [1.29, 1.82) is 0 Å². The van der Waals surface area contributed by atoms with E-state index in [1.54, 1.807) is 0 Å². The zero-order chi connectivity index (χ0) is 12.3. The van der Waals surface area contributed by atoms with Crippen LogP contribution in [0.15, 0.2) is 40.8 Å². The maximum Gasteiger partial charge on any atom is 0.122 e. The molecule has 1 unspecified atom stereocenters. The first-order valence-corrected chi connectivity index (χ1v) is 6.97. The summed E-state index contributed by atoms with van der Waals surface area (Å²) in [5.74, 6) is 2.01.